The molecular weight excluding hydrogens is 616 g/mol. The molecule has 0 amide bonds. The van der Waals surface area contributed by atoms with Crippen molar-refractivity contribution >= 4 is 34.6 Å². The van der Waals surface area contributed by atoms with Crippen molar-refractivity contribution in [3.8, 4) is 34.1 Å². The van der Waals surface area contributed by atoms with E-state index in [-0.39, 0.29) is 13.6 Å². The summed E-state index contributed by atoms with van der Waals surface area (Å²) in [5.74, 6) is -0.670. The first-order valence-electron chi connectivity index (χ1n) is 14.4. The Kier molecular flexibility index (Phi) is 10.6. The molecule has 0 saturated heterocycles. The Balaban J connectivity index is 1.15. The fourth-order valence-corrected chi connectivity index (χ4v) is 4.32. The lowest BCUT2D eigenvalue weighted by molar-refractivity contribution is -0.145. The second kappa shape index (κ2) is 15.5. The summed E-state index contributed by atoms with van der Waals surface area (Å²) in [7, 11) is 0. The van der Waals surface area contributed by atoms with Gasteiger partial charge in [-0.1, -0.05) is 43.5 Å². The first kappa shape index (κ1) is 32.7. The zero-order valence-corrected chi connectivity index (χ0v) is 25.5. The second-order valence-corrected chi connectivity index (χ2v) is 9.94. The van der Waals surface area contributed by atoms with E-state index in [1.807, 2.05) is 36.4 Å². The lowest BCUT2D eigenvalue weighted by atomic mass is 10.0. The van der Waals surface area contributed by atoms with Crippen LogP contribution >= 0.6 is 0 Å². The Labute approximate surface area is 275 Å². The van der Waals surface area contributed by atoms with E-state index in [1.54, 1.807) is 72.8 Å². The molecule has 10 heteroatoms. The monoisotopic (exact) mass is 644 g/mol. The largest absolute Gasteiger partial charge is 0.457 e. The van der Waals surface area contributed by atoms with Gasteiger partial charge in [-0.2, -0.15) is 0 Å². The molecule has 0 heterocycles. The van der Waals surface area contributed by atoms with E-state index in [2.05, 4.69) is 13.2 Å². The number of esters is 4. The summed E-state index contributed by atoms with van der Waals surface area (Å²) < 4.78 is 31.2. The number of ether oxygens (including phenoxy) is 6. The lowest BCUT2D eigenvalue weighted by Gasteiger charge is -2.09. The van der Waals surface area contributed by atoms with Crippen molar-refractivity contribution in [1.82, 2.24) is 0 Å². The molecule has 0 aromatic heterocycles. The van der Waals surface area contributed by atoms with E-state index in [0.717, 1.165) is 34.1 Å². The number of hydrogen-bond acceptors (Lipinski definition) is 10. The zero-order chi connectivity index (χ0) is 33.9. The van der Waals surface area contributed by atoms with Gasteiger partial charge in [0, 0.05) is 12.2 Å². The summed E-state index contributed by atoms with van der Waals surface area (Å²) in [6.07, 6.45) is 2.07. The van der Waals surface area contributed by atoms with Gasteiger partial charge in [0.1, 0.15) is 23.0 Å². The molecule has 0 aliphatic carbocycles. The summed E-state index contributed by atoms with van der Waals surface area (Å²) in [6.45, 7) is 6.06. The highest BCUT2D eigenvalue weighted by molar-refractivity contribution is 5.93. The van der Waals surface area contributed by atoms with E-state index in [4.69, 9.17) is 28.4 Å². The molecule has 5 aromatic rings. The van der Waals surface area contributed by atoms with Crippen LogP contribution in [0, 0.1) is 0 Å². The summed E-state index contributed by atoms with van der Waals surface area (Å²) in [5, 5.41) is 1.81. The van der Waals surface area contributed by atoms with Crippen LogP contribution in [0.3, 0.4) is 0 Å². The Hall–Kier alpha value is -6.68. The molecule has 0 bridgehead atoms. The number of fused-ring (bicyclic) bond motifs is 1. The van der Waals surface area contributed by atoms with E-state index < -0.39 is 23.9 Å². The van der Waals surface area contributed by atoms with Crippen molar-refractivity contribution in [3.05, 3.63) is 146 Å². The summed E-state index contributed by atoms with van der Waals surface area (Å²) in [6, 6.07) is 30.8. The van der Waals surface area contributed by atoms with Crippen LogP contribution < -0.4 is 18.9 Å². The highest BCUT2D eigenvalue weighted by atomic mass is 16.7. The quantitative estimate of drug-likeness (QED) is 0.0569. The van der Waals surface area contributed by atoms with Crippen molar-refractivity contribution < 1.29 is 47.6 Å². The first-order chi connectivity index (χ1) is 23.3. The van der Waals surface area contributed by atoms with Gasteiger partial charge < -0.3 is 28.4 Å². The summed E-state index contributed by atoms with van der Waals surface area (Å²) >= 11 is 0. The van der Waals surface area contributed by atoms with Crippen molar-refractivity contribution in [3.63, 3.8) is 0 Å². The molecular formula is C38H28O10. The average molecular weight is 645 g/mol. The van der Waals surface area contributed by atoms with Crippen LogP contribution in [-0.2, 0) is 19.1 Å². The van der Waals surface area contributed by atoms with E-state index in [1.165, 1.54) is 0 Å². The third-order valence-electron chi connectivity index (χ3n) is 6.79. The van der Waals surface area contributed by atoms with Gasteiger partial charge in [0.05, 0.1) is 11.1 Å². The SMILES string of the molecule is C=CC(=O)OCOc1ccc(C(=O)Oc2ccc(-c3ccc4cc(OC(=O)c5ccc(OCOC(=O)C=C)cc5)ccc4c3)cc2)cc1. The maximum absolute atomic E-state index is 12.7. The Morgan fingerprint density at radius 1 is 0.479 bits per heavy atom. The van der Waals surface area contributed by atoms with Gasteiger partial charge in [-0.25, -0.2) is 19.2 Å². The van der Waals surface area contributed by atoms with Crippen LogP contribution in [-0.4, -0.2) is 37.5 Å². The molecule has 0 spiro atoms. The molecule has 0 aliphatic rings. The highest BCUT2D eigenvalue weighted by Gasteiger charge is 2.12. The van der Waals surface area contributed by atoms with Crippen LogP contribution in [0.25, 0.3) is 21.9 Å². The minimum atomic E-state index is -0.600. The molecule has 240 valence electrons. The average Bonchev–Trinajstić information content (AvgIpc) is 3.12. The third kappa shape index (κ3) is 8.73. The molecule has 48 heavy (non-hydrogen) atoms. The van der Waals surface area contributed by atoms with Gasteiger partial charge in [0.2, 0.25) is 13.6 Å². The molecule has 5 rings (SSSR count). The topological polar surface area (TPSA) is 124 Å². The van der Waals surface area contributed by atoms with E-state index in [9.17, 15) is 19.2 Å². The standard InChI is InChI=1S/C38H28O10/c1-3-35(39)45-23-43-31-14-9-26(10-15-31)37(41)47-33-18-7-25(8-19-33)28-5-6-30-22-34(20-13-29(30)21-28)48-38(42)27-11-16-32(17-12-27)44-24-46-36(40)4-2/h3-22H,1-2,23-24H2. The molecule has 0 unspecified atom stereocenters. The molecule has 10 nitrogen and oxygen atoms in total. The van der Waals surface area contributed by atoms with Crippen LogP contribution in [0.4, 0.5) is 0 Å². The van der Waals surface area contributed by atoms with Crippen LogP contribution in [0.15, 0.2) is 135 Å². The van der Waals surface area contributed by atoms with Gasteiger partial charge >= 0.3 is 23.9 Å². The zero-order valence-electron chi connectivity index (χ0n) is 25.5. The molecule has 0 saturated carbocycles. The predicted molar refractivity (Wildman–Crippen MR) is 176 cm³/mol. The minimum Gasteiger partial charge on any atom is -0.457 e. The normalized spacial score (nSPS) is 10.3. The molecule has 0 N–H and O–H groups in total. The van der Waals surface area contributed by atoms with Crippen LogP contribution in [0.1, 0.15) is 20.7 Å². The molecule has 0 aliphatic heterocycles. The van der Waals surface area contributed by atoms with E-state index in [0.29, 0.717) is 34.1 Å². The fourth-order valence-electron chi connectivity index (χ4n) is 4.32. The van der Waals surface area contributed by atoms with Crippen molar-refractivity contribution in [1.29, 1.82) is 0 Å². The maximum Gasteiger partial charge on any atom is 0.343 e. The maximum atomic E-state index is 12.7. The van der Waals surface area contributed by atoms with Gasteiger partial charge in [-0.3, -0.25) is 0 Å². The molecule has 0 radical (unpaired) electrons. The predicted octanol–water partition coefficient (Wildman–Crippen LogP) is 7.08. The Morgan fingerprint density at radius 3 is 1.42 bits per heavy atom. The van der Waals surface area contributed by atoms with Gasteiger partial charge in [-0.15, -0.1) is 0 Å². The van der Waals surface area contributed by atoms with Crippen LogP contribution in [0.2, 0.25) is 0 Å². The molecule has 0 fully saturated rings. The molecule has 5 aromatic carbocycles. The highest BCUT2D eigenvalue weighted by Crippen LogP contribution is 2.29. The van der Waals surface area contributed by atoms with Crippen molar-refractivity contribution in [2.24, 2.45) is 0 Å². The van der Waals surface area contributed by atoms with E-state index >= 15 is 0 Å². The second-order valence-electron chi connectivity index (χ2n) is 9.94. The first-order valence-corrected chi connectivity index (χ1v) is 14.4. The Bertz CT molecular complexity index is 1960. The van der Waals surface area contributed by atoms with Gasteiger partial charge in [-0.05, 0) is 101 Å². The fraction of sp³-hybridized carbons (Fsp3) is 0.0526. The number of rotatable bonds is 13. The number of hydrogen-bond donors (Lipinski definition) is 0. The smallest absolute Gasteiger partial charge is 0.343 e. The van der Waals surface area contributed by atoms with Gasteiger partial charge in [0.15, 0.2) is 0 Å². The Morgan fingerprint density at radius 2 is 0.896 bits per heavy atom. The third-order valence-corrected chi connectivity index (χ3v) is 6.79. The van der Waals surface area contributed by atoms with Crippen LogP contribution in [0.5, 0.6) is 23.0 Å². The number of benzene rings is 5. The number of carbonyl (C=O) groups is 4. The summed E-state index contributed by atoms with van der Waals surface area (Å²) in [5.41, 5.74) is 2.50. The number of carbonyl (C=O) groups excluding carboxylic acids is 4. The minimum absolute atomic E-state index is 0.275. The van der Waals surface area contributed by atoms with Crippen molar-refractivity contribution in [2.45, 2.75) is 0 Å². The summed E-state index contributed by atoms with van der Waals surface area (Å²) in [4.78, 5) is 47.5. The molecule has 0 atom stereocenters. The van der Waals surface area contributed by atoms with Crippen molar-refractivity contribution in [2.75, 3.05) is 13.6 Å². The lowest BCUT2D eigenvalue weighted by Crippen LogP contribution is -2.09. The van der Waals surface area contributed by atoms with Gasteiger partial charge in [0.25, 0.3) is 0 Å².